The van der Waals surface area contributed by atoms with Gasteiger partial charge in [-0.3, -0.25) is 4.79 Å². The van der Waals surface area contributed by atoms with Gasteiger partial charge in [-0.1, -0.05) is 23.7 Å². The van der Waals surface area contributed by atoms with Crippen LogP contribution >= 0.6 is 24.0 Å². The van der Waals surface area contributed by atoms with Crippen LogP contribution in [-0.2, 0) is 11.2 Å². The van der Waals surface area contributed by atoms with Crippen molar-refractivity contribution in [3.63, 3.8) is 0 Å². The first-order valence-electron chi connectivity index (χ1n) is 7.41. The number of aromatic nitrogens is 2. The Morgan fingerprint density at radius 2 is 2.00 bits per heavy atom. The number of hydrogen-bond donors (Lipinski definition) is 2. The molecule has 0 spiro atoms. The monoisotopic (exact) mass is 375 g/mol. The number of halogens is 2. The predicted octanol–water partition coefficient (Wildman–Crippen LogP) is 4.31. The minimum Gasteiger partial charge on any atom is -0.481 e. The van der Waals surface area contributed by atoms with Gasteiger partial charge in [0.15, 0.2) is 0 Å². The van der Waals surface area contributed by atoms with Gasteiger partial charge in [0.2, 0.25) is 0 Å². The summed E-state index contributed by atoms with van der Waals surface area (Å²) in [7, 11) is 0. The number of H-pyrrole nitrogens is 1. The van der Waals surface area contributed by atoms with Gasteiger partial charge < -0.3 is 10.1 Å². The van der Waals surface area contributed by atoms with Crippen LogP contribution in [0, 0.1) is 11.3 Å². The second kappa shape index (κ2) is 8.02. The highest BCUT2D eigenvalue weighted by Gasteiger charge is 2.18. The zero-order chi connectivity index (χ0) is 17.1. The molecular formula is C18H15Cl2N3O2. The molecule has 3 aromatic rings. The Balaban J connectivity index is 0.00000225. The number of carboxylic acids is 1. The summed E-state index contributed by atoms with van der Waals surface area (Å²) in [6.07, 6.45) is 0.465. The van der Waals surface area contributed by atoms with Gasteiger partial charge in [-0.15, -0.1) is 12.4 Å². The number of carboxylic acid groups (broad SMARTS) is 1. The van der Waals surface area contributed by atoms with Crippen molar-refractivity contribution in [1.82, 2.24) is 9.97 Å². The highest BCUT2D eigenvalue weighted by molar-refractivity contribution is 6.30. The van der Waals surface area contributed by atoms with E-state index >= 15 is 0 Å². The number of imidazole rings is 1. The second-order valence-corrected chi connectivity index (χ2v) is 6.01. The van der Waals surface area contributed by atoms with Crippen molar-refractivity contribution in [2.45, 2.75) is 18.8 Å². The molecule has 3 rings (SSSR count). The van der Waals surface area contributed by atoms with Crippen molar-refractivity contribution in [3.05, 3.63) is 64.4 Å². The van der Waals surface area contributed by atoms with Crippen LogP contribution in [-0.4, -0.2) is 21.0 Å². The van der Waals surface area contributed by atoms with E-state index in [1.165, 1.54) is 0 Å². The molecule has 7 heteroatoms. The molecule has 0 bridgehead atoms. The van der Waals surface area contributed by atoms with Gasteiger partial charge in [-0.25, -0.2) is 4.98 Å². The zero-order valence-electron chi connectivity index (χ0n) is 13.1. The molecule has 0 amide bonds. The Bertz CT molecular complexity index is 930. The van der Waals surface area contributed by atoms with E-state index in [4.69, 9.17) is 16.9 Å². The maximum absolute atomic E-state index is 11.2. The van der Waals surface area contributed by atoms with Crippen LogP contribution in [0.4, 0.5) is 0 Å². The van der Waals surface area contributed by atoms with Crippen molar-refractivity contribution in [3.8, 4) is 6.07 Å². The molecule has 0 saturated carbocycles. The molecule has 1 unspecified atom stereocenters. The Hall–Kier alpha value is -2.55. The lowest BCUT2D eigenvalue weighted by molar-refractivity contribution is -0.137. The number of nitrogens with zero attached hydrogens (tertiary/aromatic N) is 2. The maximum Gasteiger partial charge on any atom is 0.303 e. The second-order valence-electron chi connectivity index (χ2n) is 5.58. The normalized spacial score (nSPS) is 11.5. The summed E-state index contributed by atoms with van der Waals surface area (Å²) in [6.45, 7) is 0. The third kappa shape index (κ3) is 4.50. The number of aromatic amines is 1. The maximum atomic E-state index is 11.2. The third-order valence-electron chi connectivity index (χ3n) is 3.86. The SMILES string of the molecule is Cl.N#Cc1ccc2nc(CC(CC(=O)O)c3ccc(Cl)cc3)[nH]c2c1. The zero-order valence-corrected chi connectivity index (χ0v) is 14.6. The molecule has 2 aromatic carbocycles. The molecule has 0 aliphatic carbocycles. The molecule has 0 saturated heterocycles. The number of benzene rings is 2. The summed E-state index contributed by atoms with van der Waals surface area (Å²) in [5, 5.41) is 18.8. The molecule has 0 fully saturated rings. The summed E-state index contributed by atoms with van der Waals surface area (Å²) in [4.78, 5) is 18.9. The number of aliphatic carboxylic acids is 1. The average molecular weight is 376 g/mol. The Kier molecular flexibility index (Phi) is 6.02. The van der Waals surface area contributed by atoms with E-state index in [1.54, 1.807) is 30.3 Å². The first-order valence-corrected chi connectivity index (χ1v) is 7.79. The predicted molar refractivity (Wildman–Crippen MR) is 98.2 cm³/mol. The van der Waals surface area contributed by atoms with Crippen LogP contribution in [0.3, 0.4) is 0 Å². The molecule has 0 aliphatic rings. The molecule has 1 atom stereocenters. The summed E-state index contributed by atoms with van der Waals surface area (Å²) in [5.41, 5.74) is 2.99. The molecule has 128 valence electrons. The van der Waals surface area contributed by atoms with E-state index in [0.717, 1.165) is 16.6 Å². The van der Waals surface area contributed by atoms with Crippen LogP contribution in [0.5, 0.6) is 0 Å². The minimum atomic E-state index is -0.863. The highest BCUT2D eigenvalue weighted by Crippen LogP contribution is 2.26. The smallest absolute Gasteiger partial charge is 0.303 e. The summed E-state index contributed by atoms with van der Waals surface area (Å²) in [5.74, 6) is -0.380. The van der Waals surface area contributed by atoms with E-state index < -0.39 is 5.97 Å². The minimum absolute atomic E-state index is 0. The van der Waals surface area contributed by atoms with Gasteiger partial charge in [0.25, 0.3) is 0 Å². The third-order valence-corrected chi connectivity index (χ3v) is 4.11. The molecule has 5 nitrogen and oxygen atoms in total. The Morgan fingerprint density at radius 1 is 1.28 bits per heavy atom. The number of nitriles is 1. The largest absolute Gasteiger partial charge is 0.481 e. The summed E-state index contributed by atoms with van der Waals surface area (Å²) >= 11 is 5.90. The quantitative estimate of drug-likeness (QED) is 0.694. The average Bonchev–Trinajstić information content (AvgIpc) is 2.95. The van der Waals surface area contributed by atoms with Crippen LogP contribution in [0.15, 0.2) is 42.5 Å². The number of carbonyl (C=O) groups is 1. The van der Waals surface area contributed by atoms with E-state index in [2.05, 4.69) is 16.0 Å². The lowest BCUT2D eigenvalue weighted by Gasteiger charge is -2.14. The van der Waals surface area contributed by atoms with Gasteiger partial charge in [0.05, 0.1) is 29.1 Å². The number of fused-ring (bicyclic) bond motifs is 1. The fraction of sp³-hybridized carbons (Fsp3) is 0.167. The molecule has 1 aromatic heterocycles. The van der Waals surface area contributed by atoms with E-state index in [0.29, 0.717) is 22.8 Å². The molecule has 2 N–H and O–H groups in total. The molecule has 1 heterocycles. The summed E-state index contributed by atoms with van der Waals surface area (Å²) in [6, 6.07) is 14.5. The van der Waals surface area contributed by atoms with Crippen molar-refractivity contribution >= 4 is 41.0 Å². The van der Waals surface area contributed by atoms with E-state index in [-0.39, 0.29) is 24.7 Å². The van der Waals surface area contributed by atoms with Crippen LogP contribution in [0.2, 0.25) is 5.02 Å². The van der Waals surface area contributed by atoms with Gasteiger partial charge in [0.1, 0.15) is 5.82 Å². The highest BCUT2D eigenvalue weighted by atomic mass is 35.5. The van der Waals surface area contributed by atoms with E-state index in [9.17, 15) is 9.90 Å². The van der Waals surface area contributed by atoms with Gasteiger partial charge in [0, 0.05) is 17.4 Å². The summed E-state index contributed by atoms with van der Waals surface area (Å²) < 4.78 is 0. The molecular weight excluding hydrogens is 361 g/mol. The van der Waals surface area contributed by atoms with Crippen molar-refractivity contribution in [1.29, 1.82) is 5.26 Å². The Labute approximate surface area is 155 Å². The molecule has 0 aliphatic heterocycles. The fourth-order valence-corrected chi connectivity index (χ4v) is 2.84. The van der Waals surface area contributed by atoms with Gasteiger partial charge >= 0.3 is 5.97 Å². The number of rotatable bonds is 5. The molecule has 25 heavy (non-hydrogen) atoms. The number of nitrogens with one attached hydrogen (secondary N) is 1. The standard InChI is InChI=1S/C18H14ClN3O2.ClH/c19-14-4-2-12(3-5-14)13(9-18(23)24)8-17-21-15-6-1-11(10-20)7-16(15)22-17;/h1-7,13H,8-9H2,(H,21,22)(H,23,24);1H. The van der Waals surface area contributed by atoms with Crippen LogP contribution in [0.25, 0.3) is 11.0 Å². The van der Waals surface area contributed by atoms with Crippen molar-refractivity contribution in [2.75, 3.05) is 0 Å². The van der Waals surface area contributed by atoms with Crippen molar-refractivity contribution in [2.24, 2.45) is 0 Å². The lowest BCUT2D eigenvalue weighted by Crippen LogP contribution is -2.10. The Morgan fingerprint density at radius 3 is 2.64 bits per heavy atom. The fourth-order valence-electron chi connectivity index (χ4n) is 2.72. The van der Waals surface area contributed by atoms with E-state index in [1.807, 2.05) is 12.1 Å². The van der Waals surface area contributed by atoms with Crippen molar-refractivity contribution < 1.29 is 9.90 Å². The van der Waals surface area contributed by atoms with Crippen LogP contribution < -0.4 is 0 Å². The van der Waals surface area contributed by atoms with Gasteiger partial charge in [-0.2, -0.15) is 5.26 Å². The molecule has 0 radical (unpaired) electrons. The van der Waals surface area contributed by atoms with Crippen LogP contribution in [0.1, 0.15) is 29.3 Å². The lowest BCUT2D eigenvalue weighted by atomic mass is 9.92. The van der Waals surface area contributed by atoms with Gasteiger partial charge in [-0.05, 0) is 35.9 Å². The number of hydrogen-bond acceptors (Lipinski definition) is 3. The topological polar surface area (TPSA) is 89.8 Å². The first-order chi connectivity index (χ1) is 11.5. The first kappa shape index (κ1) is 18.8.